The molecule has 0 bridgehead atoms. The number of hydrogen-bond acceptors (Lipinski definition) is 0. The van der Waals surface area contributed by atoms with Crippen LogP contribution in [-0.2, 0) is 5.41 Å². The van der Waals surface area contributed by atoms with E-state index in [1.807, 2.05) is 0 Å². The highest BCUT2D eigenvalue weighted by molar-refractivity contribution is 6.24. The first-order valence-corrected chi connectivity index (χ1v) is 24.7. The Balaban J connectivity index is 1.01. The van der Waals surface area contributed by atoms with E-state index < -0.39 is 0 Å². The van der Waals surface area contributed by atoms with Gasteiger partial charge in [0.25, 0.3) is 0 Å². The van der Waals surface area contributed by atoms with Gasteiger partial charge in [-0.15, -0.1) is 0 Å². The first-order chi connectivity index (χ1) is 34.6. The second kappa shape index (κ2) is 16.9. The average Bonchev–Trinajstić information content (AvgIpc) is 3.73. The van der Waals surface area contributed by atoms with Crippen molar-refractivity contribution in [2.45, 2.75) is 19.3 Å². The van der Waals surface area contributed by atoms with Gasteiger partial charge in [0.1, 0.15) is 0 Å². The SMILES string of the molecule is CC(C)C1(c2ccc(-c3ccccc3)cc2)c2ccccc2-c2ccc(-c3c4ccccc4c(-c4ccc(-c5cc(-c6ccccc6)cc(-c6ccccc6)c5)c5ccccc45)c4ccccc34)cc21. The van der Waals surface area contributed by atoms with Crippen LogP contribution in [0.3, 0.4) is 0 Å². The fourth-order valence-corrected chi connectivity index (χ4v) is 12.2. The lowest BCUT2D eigenvalue weighted by Crippen LogP contribution is -2.33. The molecule has 0 fully saturated rings. The molecule has 1 atom stereocenters. The third-order valence-corrected chi connectivity index (χ3v) is 15.3. The van der Waals surface area contributed by atoms with Crippen LogP contribution < -0.4 is 0 Å². The molecule has 70 heavy (non-hydrogen) atoms. The van der Waals surface area contributed by atoms with Gasteiger partial charge >= 0.3 is 0 Å². The van der Waals surface area contributed by atoms with Crippen LogP contribution in [0.2, 0.25) is 0 Å². The van der Waals surface area contributed by atoms with E-state index in [1.54, 1.807) is 0 Å². The molecule has 1 aliphatic rings. The van der Waals surface area contributed by atoms with E-state index in [0.29, 0.717) is 0 Å². The van der Waals surface area contributed by atoms with Crippen molar-refractivity contribution in [3.8, 4) is 77.9 Å². The molecule has 0 aromatic heterocycles. The minimum atomic E-state index is -0.341. The van der Waals surface area contributed by atoms with E-state index in [0.717, 1.165) is 0 Å². The largest absolute Gasteiger partial charge is 0.0622 e. The molecule has 0 radical (unpaired) electrons. The Morgan fingerprint density at radius 1 is 0.243 bits per heavy atom. The number of hydrogen-bond donors (Lipinski definition) is 0. The molecule has 1 unspecified atom stereocenters. The predicted molar refractivity (Wildman–Crippen MR) is 298 cm³/mol. The van der Waals surface area contributed by atoms with Gasteiger partial charge in [-0.1, -0.05) is 250 Å². The summed E-state index contributed by atoms with van der Waals surface area (Å²) in [6, 6.07) is 97.2. The minimum Gasteiger partial charge on any atom is -0.0622 e. The lowest BCUT2D eigenvalue weighted by atomic mass is 9.65. The van der Waals surface area contributed by atoms with Crippen molar-refractivity contribution in [2.75, 3.05) is 0 Å². The lowest BCUT2D eigenvalue weighted by molar-refractivity contribution is 0.447. The lowest BCUT2D eigenvalue weighted by Gasteiger charge is -2.37. The van der Waals surface area contributed by atoms with Crippen molar-refractivity contribution < 1.29 is 0 Å². The first-order valence-electron chi connectivity index (χ1n) is 24.7. The molecule has 330 valence electrons. The van der Waals surface area contributed by atoms with Crippen LogP contribution in [0, 0.1) is 5.92 Å². The van der Waals surface area contributed by atoms with Crippen LogP contribution in [-0.4, -0.2) is 0 Å². The maximum absolute atomic E-state index is 2.55. The molecular weight excluding hydrogens is 841 g/mol. The normalized spacial score (nSPS) is 14.0. The maximum Gasteiger partial charge on any atom is 0.0486 e. The molecule has 0 amide bonds. The van der Waals surface area contributed by atoms with Gasteiger partial charge in [0, 0.05) is 5.41 Å². The van der Waals surface area contributed by atoms with Gasteiger partial charge in [-0.2, -0.15) is 0 Å². The quantitative estimate of drug-likeness (QED) is 0.133. The molecule has 12 aromatic carbocycles. The van der Waals surface area contributed by atoms with Gasteiger partial charge in [-0.3, -0.25) is 0 Å². The monoisotopic (exact) mass is 890 g/mol. The highest BCUT2D eigenvalue weighted by atomic mass is 14.5. The summed E-state index contributed by atoms with van der Waals surface area (Å²) in [7, 11) is 0. The molecule has 13 rings (SSSR count). The van der Waals surface area contributed by atoms with Gasteiger partial charge in [0.2, 0.25) is 0 Å². The average molecular weight is 891 g/mol. The highest BCUT2D eigenvalue weighted by Crippen LogP contribution is 2.58. The topological polar surface area (TPSA) is 0 Å². The van der Waals surface area contributed by atoms with E-state index in [4.69, 9.17) is 0 Å². The van der Waals surface area contributed by atoms with Crippen molar-refractivity contribution in [3.63, 3.8) is 0 Å². The molecule has 1 aliphatic carbocycles. The summed E-state index contributed by atoms with van der Waals surface area (Å²) in [6.07, 6.45) is 0. The second-order valence-electron chi connectivity index (χ2n) is 19.3. The van der Waals surface area contributed by atoms with Crippen LogP contribution in [0.25, 0.3) is 110 Å². The van der Waals surface area contributed by atoms with Crippen LogP contribution >= 0.6 is 0 Å². The summed E-state index contributed by atoms with van der Waals surface area (Å²) in [6.45, 7) is 4.81. The minimum absolute atomic E-state index is 0.283. The Morgan fingerprint density at radius 2 is 0.629 bits per heavy atom. The highest BCUT2D eigenvalue weighted by Gasteiger charge is 2.47. The molecule has 0 spiro atoms. The molecule has 12 aromatic rings. The zero-order chi connectivity index (χ0) is 46.8. The molecule has 0 saturated heterocycles. The molecule has 0 saturated carbocycles. The molecule has 0 N–H and O–H groups in total. The zero-order valence-electron chi connectivity index (χ0n) is 39.4. The van der Waals surface area contributed by atoms with Crippen LogP contribution in [0.15, 0.2) is 261 Å². The van der Waals surface area contributed by atoms with Crippen LogP contribution in [0.5, 0.6) is 0 Å². The fourth-order valence-electron chi connectivity index (χ4n) is 12.2. The molecule has 0 nitrogen and oxygen atoms in total. The smallest absolute Gasteiger partial charge is 0.0486 e. The van der Waals surface area contributed by atoms with Crippen molar-refractivity contribution in [1.29, 1.82) is 0 Å². The molecule has 0 heteroatoms. The van der Waals surface area contributed by atoms with E-state index in [1.165, 1.54) is 127 Å². The van der Waals surface area contributed by atoms with Crippen molar-refractivity contribution in [2.24, 2.45) is 5.92 Å². The summed E-state index contributed by atoms with van der Waals surface area (Å²) in [5.74, 6) is 0.283. The summed E-state index contributed by atoms with van der Waals surface area (Å²) >= 11 is 0. The second-order valence-corrected chi connectivity index (χ2v) is 19.3. The van der Waals surface area contributed by atoms with Gasteiger partial charge in [0.05, 0.1) is 0 Å². The molecule has 0 aliphatic heterocycles. The van der Waals surface area contributed by atoms with E-state index in [-0.39, 0.29) is 11.3 Å². The van der Waals surface area contributed by atoms with Crippen molar-refractivity contribution >= 4 is 32.3 Å². The van der Waals surface area contributed by atoms with Gasteiger partial charge < -0.3 is 0 Å². The Morgan fingerprint density at radius 3 is 1.19 bits per heavy atom. The third-order valence-electron chi connectivity index (χ3n) is 15.3. The first kappa shape index (κ1) is 41.6. The van der Waals surface area contributed by atoms with Gasteiger partial charge in [0.15, 0.2) is 0 Å². The Bertz CT molecular complexity index is 3820. The fraction of sp³-hybridized carbons (Fsp3) is 0.0571. The molecule has 0 heterocycles. The van der Waals surface area contributed by atoms with Crippen molar-refractivity contribution in [1.82, 2.24) is 0 Å². The van der Waals surface area contributed by atoms with Crippen molar-refractivity contribution in [3.05, 3.63) is 278 Å². The summed E-state index contributed by atoms with van der Waals surface area (Å²) in [5.41, 5.74) is 21.1. The standard InChI is InChI=1S/C70H50/c1-46(2)70(55-37-34-50(35-38-55)47-20-6-3-7-21-47)66-33-19-18-28-59(66)60-39-36-51(45-67(60)70)68-61-29-14-16-31-63(61)69(64-32-17-15-30-62(64)68)65-41-40-56(57-26-12-13-27-58(57)65)54-43-52(48-22-8-4-9-23-48)42-53(44-54)49-24-10-5-11-25-49/h3-46H,1-2H3. The Labute approximate surface area is 410 Å². The Kier molecular flexibility index (Phi) is 10.0. The van der Waals surface area contributed by atoms with Crippen LogP contribution in [0.1, 0.15) is 30.5 Å². The van der Waals surface area contributed by atoms with E-state index in [2.05, 4.69) is 275 Å². The van der Waals surface area contributed by atoms with Gasteiger partial charge in [-0.05, 0) is 157 Å². The number of rotatable bonds is 8. The van der Waals surface area contributed by atoms with E-state index in [9.17, 15) is 0 Å². The summed E-state index contributed by atoms with van der Waals surface area (Å²) < 4.78 is 0. The Hall–Kier alpha value is -8.58. The maximum atomic E-state index is 2.55. The zero-order valence-corrected chi connectivity index (χ0v) is 39.4. The van der Waals surface area contributed by atoms with Crippen LogP contribution in [0.4, 0.5) is 0 Å². The summed E-state index contributed by atoms with van der Waals surface area (Å²) in [4.78, 5) is 0. The number of benzene rings is 12. The number of fused-ring (bicyclic) bond motifs is 6. The van der Waals surface area contributed by atoms with E-state index >= 15 is 0 Å². The summed E-state index contributed by atoms with van der Waals surface area (Å²) in [5, 5.41) is 7.49. The molecular formula is C70H50. The van der Waals surface area contributed by atoms with Gasteiger partial charge in [-0.25, -0.2) is 0 Å². The third kappa shape index (κ3) is 6.59. The predicted octanol–water partition coefficient (Wildman–Crippen LogP) is 19.1.